The highest BCUT2D eigenvalue weighted by Gasteiger charge is 2.16. The number of carbonyl (C=O) groups is 1. The monoisotopic (exact) mass is 312 g/mol. The van der Waals surface area contributed by atoms with Crippen LogP contribution in [-0.4, -0.2) is 20.2 Å². The quantitative estimate of drug-likeness (QED) is 0.629. The minimum absolute atomic E-state index is 0.137. The van der Waals surface area contributed by atoms with E-state index < -0.39 is 11.6 Å². The predicted octanol–water partition coefficient (Wildman–Crippen LogP) is 2.35. The van der Waals surface area contributed by atoms with Crippen molar-refractivity contribution in [3.05, 3.63) is 38.7 Å². The summed E-state index contributed by atoms with van der Waals surface area (Å²) in [7, 11) is 2.71. The van der Waals surface area contributed by atoms with Crippen LogP contribution >= 0.6 is 15.9 Å². The van der Waals surface area contributed by atoms with E-state index in [1.807, 2.05) is 0 Å². The summed E-state index contributed by atoms with van der Waals surface area (Å²) in [6, 6.07) is 4.82. The molecule has 0 radical (unpaired) electrons. The number of ether oxygens (including phenoxy) is 2. The Morgan fingerprint density at radius 3 is 2.67 bits per heavy atom. The van der Waals surface area contributed by atoms with Crippen molar-refractivity contribution in [2.75, 3.05) is 14.2 Å². The van der Waals surface area contributed by atoms with Crippen LogP contribution in [0.1, 0.15) is 10.4 Å². The van der Waals surface area contributed by atoms with Crippen LogP contribution in [0.5, 0.6) is 5.75 Å². The minimum Gasteiger partial charge on any atom is -0.495 e. The Hall–Kier alpha value is -1.82. The van der Waals surface area contributed by atoms with Crippen LogP contribution in [0.2, 0.25) is 0 Å². The molecule has 0 aliphatic carbocycles. The van der Waals surface area contributed by atoms with E-state index in [1.54, 1.807) is 12.1 Å². The molecule has 0 atom stereocenters. The minimum atomic E-state index is -0.747. The number of fused-ring (bicyclic) bond motifs is 1. The van der Waals surface area contributed by atoms with Gasteiger partial charge in [0.15, 0.2) is 5.58 Å². The molecular formula is C12H9BrO5. The number of esters is 1. The molecule has 2 rings (SSSR count). The highest BCUT2D eigenvalue weighted by Crippen LogP contribution is 2.32. The van der Waals surface area contributed by atoms with Gasteiger partial charge in [-0.15, -0.1) is 0 Å². The van der Waals surface area contributed by atoms with E-state index in [1.165, 1.54) is 20.3 Å². The topological polar surface area (TPSA) is 65.7 Å². The molecule has 1 aromatic heterocycles. The second kappa shape index (κ2) is 4.81. The summed E-state index contributed by atoms with van der Waals surface area (Å²) in [6.07, 6.45) is 0. The first-order chi connectivity index (χ1) is 8.58. The lowest BCUT2D eigenvalue weighted by Crippen LogP contribution is -2.15. The first-order valence-corrected chi connectivity index (χ1v) is 5.76. The lowest BCUT2D eigenvalue weighted by Gasteiger charge is -2.06. The highest BCUT2D eigenvalue weighted by atomic mass is 79.9. The number of benzene rings is 1. The van der Waals surface area contributed by atoms with E-state index in [0.29, 0.717) is 21.2 Å². The van der Waals surface area contributed by atoms with Crippen LogP contribution in [0.3, 0.4) is 0 Å². The summed E-state index contributed by atoms with van der Waals surface area (Å²) in [5.41, 5.74) is -0.558. The molecule has 94 valence electrons. The maximum Gasteiger partial charge on any atom is 0.351 e. The van der Waals surface area contributed by atoms with Gasteiger partial charge in [-0.05, 0) is 34.1 Å². The SMILES string of the molecule is COC(=O)c1cc2ccc(OC)c(Br)c2oc1=O. The second-order valence-electron chi connectivity index (χ2n) is 3.44. The van der Waals surface area contributed by atoms with Crippen LogP contribution in [-0.2, 0) is 4.74 Å². The molecule has 0 saturated carbocycles. The molecule has 6 heteroatoms. The van der Waals surface area contributed by atoms with E-state index in [2.05, 4.69) is 20.7 Å². The standard InChI is InChI=1S/C12H9BrO5/c1-16-8-4-3-6-5-7(11(14)17-2)12(15)18-10(6)9(8)13/h3-5H,1-2H3. The number of rotatable bonds is 2. The third kappa shape index (κ3) is 1.99. The summed E-state index contributed by atoms with van der Waals surface area (Å²) in [6.45, 7) is 0. The van der Waals surface area contributed by atoms with E-state index in [0.717, 1.165) is 0 Å². The van der Waals surface area contributed by atoms with Gasteiger partial charge in [-0.25, -0.2) is 9.59 Å². The molecule has 0 N–H and O–H groups in total. The molecular weight excluding hydrogens is 304 g/mol. The van der Waals surface area contributed by atoms with Crippen molar-refractivity contribution in [3.63, 3.8) is 0 Å². The fourth-order valence-electron chi connectivity index (χ4n) is 1.54. The van der Waals surface area contributed by atoms with Gasteiger partial charge in [0, 0.05) is 5.39 Å². The first-order valence-electron chi connectivity index (χ1n) is 4.97. The fourth-order valence-corrected chi connectivity index (χ4v) is 2.15. The fraction of sp³-hybridized carbons (Fsp3) is 0.167. The van der Waals surface area contributed by atoms with Gasteiger partial charge in [0.05, 0.1) is 14.2 Å². The van der Waals surface area contributed by atoms with Gasteiger partial charge in [0.25, 0.3) is 0 Å². The number of hydrogen-bond donors (Lipinski definition) is 0. The zero-order chi connectivity index (χ0) is 13.3. The lowest BCUT2D eigenvalue weighted by atomic mass is 10.2. The lowest BCUT2D eigenvalue weighted by molar-refractivity contribution is 0.0596. The highest BCUT2D eigenvalue weighted by molar-refractivity contribution is 9.10. The molecule has 2 aromatic rings. The molecule has 0 bridgehead atoms. The Bertz CT molecular complexity index is 674. The van der Waals surface area contributed by atoms with Gasteiger partial charge in [0.2, 0.25) is 0 Å². The average molecular weight is 313 g/mol. The van der Waals surface area contributed by atoms with E-state index >= 15 is 0 Å². The number of halogens is 1. The molecule has 0 spiro atoms. The van der Waals surface area contributed by atoms with Gasteiger partial charge in [0.1, 0.15) is 15.8 Å². The normalized spacial score (nSPS) is 10.4. The van der Waals surface area contributed by atoms with E-state index in [9.17, 15) is 9.59 Å². The maximum atomic E-state index is 11.7. The average Bonchev–Trinajstić information content (AvgIpc) is 2.38. The molecule has 0 unspecified atom stereocenters. The largest absolute Gasteiger partial charge is 0.495 e. The summed E-state index contributed by atoms with van der Waals surface area (Å²) < 4.78 is 15.2. The third-order valence-corrected chi connectivity index (χ3v) is 3.18. The van der Waals surface area contributed by atoms with Crippen molar-refractivity contribution < 1.29 is 18.7 Å². The Morgan fingerprint density at radius 2 is 2.06 bits per heavy atom. The van der Waals surface area contributed by atoms with Gasteiger partial charge in [-0.1, -0.05) is 0 Å². The molecule has 0 aliphatic heterocycles. The number of methoxy groups -OCH3 is 2. The van der Waals surface area contributed by atoms with Crippen LogP contribution in [0.15, 0.2) is 31.9 Å². The Labute approximate surface area is 110 Å². The third-order valence-electron chi connectivity index (χ3n) is 2.43. The zero-order valence-electron chi connectivity index (χ0n) is 9.65. The second-order valence-corrected chi connectivity index (χ2v) is 4.23. The van der Waals surface area contributed by atoms with E-state index in [4.69, 9.17) is 9.15 Å². The van der Waals surface area contributed by atoms with Crippen LogP contribution in [0.4, 0.5) is 0 Å². The number of carbonyl (C=O) groups excluding carboxylic acids is 1. The summed E-state index contributed by atoms with van der Waals surface area (Å²) in [4.78, 5) is 23.0. The zero-order valence-corrected chi connectivity index (χ0v) is 11.2. The molecule has 5 nitrogen and oxygen atoms in total. The predicted molar refractivity (Wildman–Crippen MR) is 68.1 cm³/mol. The Morgan fingerprint density at radius 1 is 1.33 bits per heavy atom. The summed E-state index contributed by atoms with van der Waals surface area (Å²) in [5.74, 6) is -0.186. The Balaban J connectivity index is 2.76. The van der Waals surface area contributed by atoms with Gasteiger partial charge >= 0.3 is 11.6 Å². The van der Waals surface area contributed by atoms with Crippen LogP contribution < -0.4 is 10.4 Å². The summed E-state index contributed by atoms with van der Waals surface area (Å²) in [5, 5.41) is 0.600. The molecule has 1 aromatic carbocycles. The van der Waals surface area contributed by atoms with Gasteiger partial charge in [-0.2, -0.15) is 0 Å². The van der Waals surface area contributed by atoms with Crippen LogP contribution in [0.25, 0.3) is 11.0 Å². The molecule has 1 heterocycles. The van der Waals surface area contributed by atoms with Crippen molar-refractivity contribution in [1.29, 1.82) is 0 Å². The molecule has 18 heavy (non-hydrogen) atoms. The molecule has 0 saturated heterocycles. The molecule has 0 fully saturated rings. The van der Waals surface area contributed by atoms with Crippen molar-refractivity contribution in [2.45, 2.75) is 0 Å². The van der Waals surface area contributed by atoms with Crippen molar-refractivity contribution in [3.8, 4) is 5.75 Å². The van der Waals surface area contributed by atoms with Crippen molar-refractivity contribution >= 4 is 32.9 Å². The maximum absolute atomic E-state index is 11.7. The van der Waals surface area contributed by atoms with E-state index in [-0.39, 0.29) is 5.56 Å². The smallest absolute Gasteiger partial charge is 0.351 e. The number of hydrogen-bond acceptors (Lipinski definition) is 5. The van der Waals surface area contributed by atoms with Gasteiger partial charge in [-0.3, -0.25) is 0 Å². The van der Waals surface area contributed by atoms with Crippen LogP contribution in [0, 0.1) is 0 Å². The molecule has 0 aliphatic rings. The van der Waals surface area contributed by atoms with Crippen molar-refractivity contribution in [1.82, 2.24) is 0 Å². The molecule has 0 amide bonds. The van der Waals surface area contributed by atoms with Crippen molar-refractivity contribution in [2.24, 2.45) is 0 Å². The summed E-state index contributed by atoms with van der Waals surface area (Å²) >= 11 is 3.28. The van der Waals surface area contributed by atoms with Gasteiger partial charge < -0.3 is 13.9 Å². The Kier molecular flexibility index (Phi) is 3.38. The first kappa shape index (κ1) is 12.6.